The Morgan fingerprint density at radius 3 is 2.75 bits per heavy atom. The third-order valence-corrected chi connectivity index (χ3v) is 3.62. The molecule has 88 valence electrons. The molecule has 1 aromatic rings. The average molecular weight is 220 g/mol. The van der Waals surface area contributed by atoms with Crippen molar-refractivity contribution in [3.05, 3.63) is 35.9 Å². The van der Waals surface area contributed by atoms with Crippen molar-refractivity contribution in [1.82, 2.24) is 5.32 Å². The first-order valence-corrected chi connectivity index (χ1v) is 5.80. The van der Waals surface area contributed by atoms with Crippen molar-refractivity contribution >= 4 is 0 Å². The van der Waals surface area contributed by atoms with Gasteiger partial charge in [0.05, 0.1) is 0 Å². The molecule has 1 fully saturated rings. The Kier molecular flexibility index (Phi) is 3.59. The monoisotopic (exact) mass is 220 g/mol. The molecule has 2 unspecified atom stereocenters. The Hall–Kier alpha value is -0.900. The van der Waals surface area contributed by atoms with E-state index in [0.29, 0.717) is 0 Å². The van der Waals surface area contributed by atoms with Crippen LogP contribution in [0.1, 0.15) is 12.0 Å². The van der Waals surface area contributed by atoms with Crippen molar-refractivity contribution in [3.8, 4) is 0 Å². The maximum absolute atomic E-state index is 6.27. The predicted octanol–water partition coefficient (Wildman–Crippen LogP) is 0.891. The fourth-order valence-electron chi connectivity index (χ4n) is 2.57. The van der Waals surface area contributed by atoms with Crippen LogP contribution >= 0.6 is 0 Å². The average Bonchev–Trinajstić information content (AvgIpc) is 2.70. The Labute approximate surface area is 97.0 Å². The molecule has 0 bridgehead atoms. The van der Waals surface area contributed by atoms with Gasteiger partial charge in [0.1, 0.15) is 0 Å². The van der Waals surface area contributed by atoms with E-state index in [-0.39, 0.29) is 11.5 Å². The minimum Gasteiger partial charge on any atom is -0.385 e. The summed E-state index contributed by atoms with van der Waals surface area (Å²) in [5, 5.41) is 3.39. The molecule has 3 nitrogen and oxygen atoms in total. The topological polar surface area (TPSA) is 47.3 Å². The summed E-state index contributed by atoms with van der Waals surface area (Å²) in [6, 6.07) is 10.7. The van der Waals surface area contributed by atoms with E-state index in [4.69, 9.17) is 10.5 Å². The number of hydrogen-bond acceptors (Lipinski definition) is 3. The van der Waals surface area contributed by atoms with Gasteiger partial charge in [0.15, 0.2) is 0 Å². The molecule has 3 heteroatoms. The van der Waals surface area contributed by atoms with Crippen LogP contribution in [0, 0.1) is 0 Å². The van der Waals surface area contributed by atoms with Crippen LogP contribution in [0.25, 0.3) is 0 Å². The lowest BCUT2D eigenvalue weighted by molar-refractivity contribution is 0.166. The van der Waals surface area contributed by atoms with Crippen molar-refractivity contribution in [3.63, 3.8) is 0 Å². The third-order valence-electron chi connectivity index (χ3n) is 3.62. The highest BCUT2D eigenvalue weighted by Gasteiger charge is 2.41. The van der Waals surface area contributed by atoms with Crippen LogP contribution in [0.5, 0.6) is 0 Å². The second-order valence-corrected chi connectivity index (χ2v) is 4.50. The van der Waals surface area contributed by atoms with Crippen LogP contribution in [-0.4, -0.2) is 32.8 Å². The molecule has 2 rings (SSSR count). The van der Waals surface area contributed by atoms with Gasteiger partial charge in [-0.3, -0.25) is 0 Å². The molecule has 2 atom stereocenters. The van der Waals surface area contributed by atoms with E-state index in [0.717, 1.165) is 26.1 Å². The van der Waals surface area contributed by atoms with E-state index in [9.17, 15) is 0 Å². The highest BCUT2D eigenvalue weighted by Crippen LogP contribution is 2.33. The van der Waals surface area contributed by atoms with Gasteiger partial charge >= 0.3 is 0 Å². The first kappa shape index (κ1) is 11.6. The molecule has 0 radical (unpaired) electrons. The van der Waals surface area contributed by atoms with Gasteiger partial charge in [-0.15, -0.1) is 0 Å². The molecule has 1 aromatic carbocycles. The number of benzene rings is 1. The molecular formula is C13H20N2O. The Morgan fingerprint density at radius 2 is 2.19 bits per heavy atom. The minimum absolute atomic E-state index is 0.0390. The molecular weight excluding hydrogens is 200 g/mol. The lowest BCUT2D eigenvalue weighted by atomic mass is 9.74. The summed E-state index contributed by atoms with van der Waals surface area (Å²) in [6.07, 6.45) is 0.974. The molecule has 0 aromatic heterocycles. The predicted molar refractivity (Wildman–Crippen MR) is 65.5 cm³/mol. The maximum Gasteiger partial charge on any atom is 0.0471 e. The summed E-state index contributed by atoms with van der Waals surface area (Å²) in [4.78, 5) is 0. The van der Waals surface area contributed by atoms with Crippen LogP contribution in [0.2, 0.25) is 0 Å². The first-order valence-electron chi connectivity index (χ1n) is 5.80. The molecule has 1 aliphatic heterocycles. The van der Waals surface area contributed by atoms with Crippen molar-refractivity contribution < 1.29 is 4.74 Å². The molecule has 1 saturated heterocycles. The molecule has 1 aliphatic rings. The Balaban J connectivity index is 2.27. The van der Waals surface area contributed by atoms with E-state index >= 15 is 0 Å². The zero-order chi connectivity index (χ0) is 11.4. The quantitative estimate of drug-likeness (QED) is 0.792. The van der Waals surface area contributed by atoms with Crippen LogP contribution in [0.3, 0.4) is 0 Å². The van der Waals surface area contributed by atoms with Gasteiger partial charge < -0.3 is 15.8 Å². The first-order chi connectivity index (χ1) is 7.79. The summed E-state index contributed by atoms with van der Waals surface area (Å²) < 4.78 is 5.22. The molecule has 0 amide bonds. The molecule has 3 N–H and O–H groups in total. The third kappa shape index (κ3) is 1.98. The number of rotatable bonds is 4. The highest BCUT2D eigenvalue weighted by molar-refractivity contribution is 5.30. The van der Waals surface area contributed by atoms with Gasteiger partial charge in [-0.1, -0.05) is 30.3 Å². The maximum atomic E-state index is 6.27. The van der Waals surface area contributed by atoms with Gasteiger partial charge in [-0.25, -0.2) is 0 Å². The smallest absolute Gasteiger partial charge is 0.0471 e. The van der Waals surface area contributed by atoms with Gasteiger partial charge in [-0.2, -0.15) is 0 Å². The highest BCUT2D eigenvalue weighted by atomic mass is 16.5. The Morgan fingerprint density at radius 1 is 1.44 bits per heavy atom. The van der Waals surface area contributed by atoms with E-state index in [2.05, 4.69) is 29.6 Å². The van der Waals surface area contributed by atoms with Gasteiger partial charge in [0, 0.05) is 38.3 Å². The normalized spacial score (nSPS) is 29.5. The summed E-state index contributed by atoms with van der Waals surface area (Å²) in [7, 11) is 1.74. The fourth-order valence-corrected chi connectivity index (χ4v) is 2.57. The fraction of sp³-hybridized carbons (Fsp3) is 0.538. The Bertz CT molecular complexity index is 328. The van der Waals surface area contributed by atoms with Gasteiger partial charge in [-0.05, 0) is 12.0 Å². The standard InChI is InChI=1S/C13H20N2O/c1-16-8-7-13(10-15-9-12(13)14)11-5-3-2-4-6-11/h2-6,12,15H,7-10,14H2,1H3. The lowest BCUT2D eigenvalue weighted by Crippen LogP contribution is -2.45. The van der Waals surface area contributed by atoms with Crippen molar-refractivity contribution in [1.29, 1.82) is 0 Å². The number of ether oxygens (including phenoxy) is 1. The summed E-state index contributed by atoms with van der Waals surface area (Å²) in [5.74, 6) is 0. The minimum atomic E-state index is 0.0390. The van der Waals surface area contributed by atoms with E-state index in [1.807, 2.05) is 6.07 Å². The zero-order valence-electron chi connectivity index (χ0n) is 9.78. The largest absolute Gasteiger partial charge is 0.385 e. The van der Waals surface area contributed by atoms with Crippen molar-refractivity contribution in [2.75, 3.05) is 26.8 Å². The van der Waals surface area contributed by atoms with E-state index in [1.54, 1.807) is 7.11 Å². The number of methoxy groups -OCH3 is 1. The molecule has 0 aliphatic carbocycles. The second kappa shape index (κ2) is 4.95. The summed E-state index contributed by atoms with van der Waals surface area (Å²) >= 11 is 0. The summed E-state index contributed by atoms with van der Waals surface area (Å²) in [6.45, 7) is 2.59. The van der Waals surface area contributed by atoms with Crippen molar-refractivity contribution in [2.24, 2.45) is 5.73 Å². The molecule has 1 heterocycles. The zero-order valence-corrected chi connectivity index (χ0v) is 9.78. The van der Waals surface area contributed by atoms with Gasteiger partial charge in [0.25, 0.3) is 0 Å². The van der Waals surface area contributed by atoms with E-state index in [1.165, 1.54) is 5.56 Å². The molecule has 16 heavy (non-hydrogen) atoms. The summed E-state index contributed by atoms with van der Waals surface area (Å²) in [5.41, 5.74) is 7.63. The SMILES string of the molecule is COCCC1(c2ccccc2)CNCC1N. The lowest BCUT2D eigenvalue weighted by Gasteiger charge is -2.33. The van der Waals surface area contributed by atoms with Crippen LogP contribution in [0.15, 0.2) is 30.3 Å². The van der Waals surface area contributed by atoms with Crippen molar-refractivity contribution in [2.45, 2.75) is 17.9 Å². The molecule has 0 spiro atoms. The number of nitrogens with two attached hydrogens (primary N) is 1. The van der Waals surface area contributed by atoms with Gasteiger partial charge in [0.2, 0.25) is 0 Å². The van der Waals surface area contributed by atoms with Crippen LogP contribution < -0.4 is 11.1 Å². The molecule has 0 saturated carbocycles. The van der Waals surface area contributed by atoms with Crippen LogP contribution in [0.4, 0.5) is 0 Å². The number of hydrogen-bond donors (Lipinski definition) is 2. The second-order valence-electron chi connectivity index (χ2n) is 4.50. The van der Waals surface area contributed by atoms with Crippen LogP contribution in [-0.2, 0) is 10.2 Å². The number of nitrogens with one attached hydrogen (secondary N) is 1. The van der Waals surface area contributed by atoms with E-state index < -0.39 is 0 Å².